The molecule has 3 aromatic rings. The van der Waals surface area contributed by atoms with Gasteiger partial charge in [0.1, 0.15) is 11.6 Å². The lowest BCUT2D eigenvalue weighted by Crippen LogP contribution is -2.35. The van der Waals surface area contributed by atoms with Crippen molar-refractivity contribution >= 4 is 22.6 Å². The van der Waals surface area contributed by atoms with E-state index in [-0.39, 0.29) is 18.1 Å². The quantitative estimate of drug-likeness (QED) is 0.523. The minimum Gasteiger partial charge on any atom is -0.383 e. The van der Waals surface area contributed by atoms with Gasteiger partial charge < -0.3 is 14.5 Å². The van der Waals surface area contributed by atoms with Gasteiger partial charge in [-0.15, -0.1) is 0 Å². The number of anilines is 1. The molecule has 1 aliphatic heterocycles. The molecule has 1 amide bonds. The summed E-state index contributed by atoms with van der Waals surface area (Å²) < 4.78 is 18.5. The van der Waals surface area contributed by atoms with E-state index in [2.05, 4.69) is 36.1 Å². The molecule has 1 fully saturated rings. The monoisotopic (exact) mass is 435 g/mol. The number of benzene rings is 2. The summed E-state index contributed by atoms with van der Waals surface area (Å²) in [7, 11) is 1.64. The zero-order valence-electron chi connectivity index (χ0n) is 18.8. The highest BCUT2D eigenvalue weighted by Crippen LogP contribution is 2.28. The number of rotatable bonds is 8. The third-order valence-corrected chi connectivity index (χ3v) is 5.98. The van der Waals surface area contributed by atoms with E-state index in [1.807, 2.05) is 4.90 Å². The Morgan fingerprint density at radius 1 is 1.12 bits per heavy atom. The fraction of sp³-hybridized carbons (Fsp3) is 0.385. The Morgan fingerprint density at radius 2 is 1.88 bits per heavy atom. The van der Waals surface area contributed by atoms with Crippen LogP contribution in [0.4, 0.5) is 10.2 Å². The molecule has 5 nitrogen and oxygen atoms in total. The van der Waals surface area contributed by atoms with Gasteiger partial charge in [-0.05, 0) is 55.7 Å². The number of halogens is 1. The maximum absolute atomic E-state index is 13.3. The lowest BCUT2D eigenvalue weighted by Gasteiger charge is -2.27. The van der Waals surface area contributed by atoms with Gasteiger partial charge in [-0.2, -0.15) is 0 Å². The summed E-state index contributed by atoms with van der Waals surface area (Å²) in [5, 5.41) is 1.08. The van der Waals surface area contributed by atoms with Gasteiger partial charge in [0, 0.05) is 44.2 Å². The molecule has 0 bridgehead atoms. The van der Waals surface area contributed by atoms with Crippen LogP contribution in [0.2, 0.25) is 0 Å². The van der Waals surface area contributed by atoms with Crippen LogP contribution in [-0.4, -0.2) is 49.1 Å². The van der Waals surface area contributed by atoms with Crippen molar-refractivity contribution in [2.75, 3.05) is 38.3 Å². The summed E-state index contributed by atoms with van der Waals surface area (Å²) in [6, 6.07) is 14.6. The Hall–Kier alpha value is -2.99. The predicted molar refractivity (Wildman–Crippen MR) is 125 cm³/mol. The molecule has 0 unspecified atom stereocenters. The van der Waals surface area contributed by atoms with E-state index in [1.54, 1.807) is 19.2 Å². The van der Waals surface area contributed by atoms with E-state index < -0.39 is 0 Å². The Balaban J connectivity index is 1.65. The number of aromatic nitrogens is 1. The molecule has 0 spiro atoms. The number of nitrogens with zero attached hydrogens (tertiary/aromatic N) is 3. The van der Waals surface area contributed by atoms with Crippen LogP contribution in [0.15, 0.2) is 48.5 Å². The van der Waals surface area contributed by atoms with Crippen LogP contribution in [0.3, 0.4) is 0 Å². The predicted octanol–water partition coefficient (Wildman–Crippen LogP) is 4.50. The summed E-state index contributed by atoms with van der Waals surface area (Å²) >= 11 is 0. The van der Waals surface area contributed by atoms with Gasteiger partial charge in [0.15, 0.2) is 0 Å². The molecule has 1 saturated heterocycles. The van der Waals surface area contributed by atoms with Gasteiger partial charge in [-0.3, -0.25) is 4.79 Å². The van der Waals surface area contributed by atoms with Gasteiger partial charge in [-0.25, -0.2) is 9.37 Å². The smallest absolute Gasteiger partial charge is 0.227 e. The topological polar surface area (TPSA) is 45.7 Å². The van der Waals surface area contributed by atoms with Crippen LogP contribution < -0.4 is 4.90 Å². The van der Waals surface area contributed by atoms with Crippen LogP contribution in [-0.2, 0) is 22.5 Å². The molecule has 4 rings (SSSR count). The first-order chi connectivity index (χ1) is 15.5. The molecular formula is C26H30FN3O2. The zero-order valence-corrected chi connectivity index (χ0v) is 18.8. The second-order valence-electron chi connectivity index (χ2n) is 8.47. The first kappa shape index (κ1) is 22.2. The molecule has 0 aliphatic carbocycles. The summed E-state index contributed by atoms with van der Waals surface area (Å²) in [6.45, 7) is 5.45. The van der Waals surface area contributed by atoms with Crippen LogP contribution in [0.5, 0.6) is 0 Å². The van der Waals surface area contributed by atoms with E-state index in [0.717, 1.165) is 53.8 Å². The van der Waals surface area contributed by atoms with Crippen LogP contribution in [0, 0.1) is 12.7 Å². The minimum absolute atomic E-state index is 0.00892. The summed E-state index contributed by atoms with van der Waals surface area (Å²) in [5.74, 6) is 0.659. The normalized spacial score (nSPS) is 13.7. The summed E-state index contributed by atoms with van der Waals surface area (Å²) in [6.07, 6.45) is 2.54. The highest BCUT2D eigenvalue weighted by Gasteiger charge is 2.22. The first-order valence-electron chi connectivity index (χ1n) is 11.2. The number of hydrogen-bond acceptors (Lipinski definition) is 4. The SMILES string of the molecule is COCCN(Cc1cc2cc(C)ccc2nc1N1CCCC1)C(=O)Cc1ccc(F)cc1. The second-order valence-corrected chi connectivity index (χ2v) is 8.47. The van der Waals surface area contributed by atoms with Gasteiger partial charge in [-0.1, -0.05) is 23.8 Å². The number of amides is 1. The maximum Gasteiger partial charge on any atom is 0.227 e. The van der Waals surface area contributed by atoms with Crippen molar-refractivity contribution < 1.29 is 13.9 Å². The fourth-order valence-electron chi connectivity index (χ4n) is 4.24. The van der Waals surface area contributed by atoms with E-state index >= 15 is 0 Å². The molecule has 0 radical (unpaired) electrons. The van der Waals surface area contributed by atoms with Crippen molar-refractivity contribution in [2.45, 2.75) is 32.7 Å². The number of carbonyl (C=O) groups is 1. The first-order valence-corrected chi connectivity index (χ1v) is 11.2. The molecule has 1 aliphatic rings. The van der Waals surface area contributed by atoms with E-state index in [9.17, 15) is 9.18 Å². The molecule has 32 heavy (non-hydrogen) atoms. The molecule has 2 aromatic carbocycles. The molecular weight excluding hydrogens is 405 g/mol. The number of aryl methyl sites for hydroxylation is 1. The van der Waals surface area contributed by atoms with Crippen LogP contribution in [0.1, 0.15) is 29.5 Å². The fourth-order valence-corrected chi connectivity index (χ4v) is 4.24. The molecule has 2 heterocycles. The van der Waals surface area contributed by atoms with Crippen molar-refractivity contribution in [3.05, 3.63) is 71.0 Å². The van der Waals surface area contributed by atoms with Gasteiger partial charge in [0.2, 0.25) is 5.91 Å². The zero-order chi connectivity index (χ0) is 22.5. The number of carbonyl (C=O) groups excluding carboxylic acids is 1. The third kappa shape index (κ3) is 5.25. The highest BCUT2D eigenvalue weighted by atomic mass is 19.1. The van der Waals surface area contributed by atoms with E-state index in [4.69, 9.17) is 9.72 Å². The molecule has 0 N–H and O–H groups in total. The number of hydrogen-bond donors (Lipinski definition) is 0. The Labute approximate surface area is 188 Å². The highest BCUT2D eigenvalue weighted by molar-refractivity contribution is 5.83. The summed E-state index contributed by atoms with van der Waals surface area (Å²) in [4.78, 5) is 22.4. The Morgan fingerprint density at radius 3 is 2.59 bits per heavy atom. The third-order valence-electron chi connectivity index (χ3n) is 5.98. The van der Waals surface area contributed by atoms with Gasteiger partial charge >= 0.3 is 0 Å². The molecule has 0 saturated carbocycles. The molecule has 168 valence electrons. The largest absolute Gasteiger partial charge is 0.383 e. The molecule has 1 aromatic heterocycles. The number of methoxy groups -OCH3 is 1. The van der Waals surface area contributed by atoms with E-state index in [0.29, 0.717) is 19.7 Å². The summed E-state index contributed by atoms with van der Waals surface area (Å²) in [5.41, 5.74) is 4.00. The van der Waals surface area contributed by atoms with E-state index in [1.165, 1.54) is 17.7 Å². The Kier molecular flexibility index (Phi) is 7.00. The Bertz CT molecular complexity index is 1080. The van der Waals surface area contributed by atoms with Crippen molar-refractivity contribution in [1.82, 2.24) is 9.88 Å². The van der Waals surface area contributed by atoms with Gasteiger partial charge in [0.05, 0.1) is 18.5 Å². The number of pyridine rings is 1. The lowest BCUT2D eigenvalue weighted by molar-refractivity contribution is -0.131. The van der Waals surface area contributed by atoms with Crippen LogP contribution in [0.25, 0.3) is 10.9 Å². The second kappa shape index (κ2) is 10.1. The molecule has 0 atom stereocenters. The number of fused-ring (bicyclic) bond motifs is 1. The van der Waals surface area contributed by atoms with Crippen molar-refractivity contribution in [2.24, 2.45) is 0 Å². The van der Waals surface area contributed by atoms with Gasteiger partial charge in [0.25, 0.3) is 0 Å². The van der Waals surface area contributed by atoms with Crippen LogP contribution >= 0.6 is 0 Å². The maximum atomic E-state index is 13.3. The molecule has 6 heteroatoms. The van der Waals surface area contributed by atoms with Crippen molar-refractivity contribution in [3.8, 4) is 0 Å². The average molecular weight is 436 g/mol. The minimum atomic E-state index is -0.301. The standard InChI is InChI=1S/C26H30FN3O2/c1-19-5-10-24-21(15-19)17-22(26(28-24)29-11-3-4-12-29)18-30(13-14-32-2)25(31)16-20-6-8-23(27)9-7-20/h5-10,15,17H,3-4,11-14,16,18H2,1-2H3. The van der Waals surface area contributed by atoms with Crippen molar-refractivity contribution in [1.29, 1.82) is 0 Å². The van der Waals surface area contributed by atoms with Crippen molar-refractivity contribution in [3.63, 3.8) is 0 Å². The average Bonchev–Trinajstić information content (AvgIpc) is 3.32. The number of ether oxygens (including phenoxy) is 1. The lowest BCUT2D eigenvalue weighted by atomic mass is 10.1.